The number of pyridine rings is 1. The van der Waals surface area contributed by atoms with Crippen LogP contribution in [0, 0.1) is 25.5 Å². The lowest BCUT2D eigenvalue weighted by molar-refractivity contribution is 0.441. The van der Waals surface area contributed by atoms with Gasteiger partial charge in [0.2, 0.25) is 0 Å². The van der Waals surface area contributed by atoms with Gasteiger partial charge >= 0.3 is 0 Å². The van der Waals surface area contributed by atoms with E-state index in [1.54, 1.807) is 47.9 Å². The summed E-state index contributed by atoms with van der Waals surface area (Å²) in [5.41, 5.74) is 2.74. The molecule has 0 saturated heterocycles. The average Bonchev–Trinajstić information content (AvgIpc) is 3.38. The Labute approximate surface area is 213 Å². The van der Waals surface area contributed by atoms with E-state index in [0.717, 1.165) is 16.8 Å². The third kappa shape index (κ3) is 10.8. The summed E-state index contributed by atoms with van der Waals surface area (Å²) in [5, 5.41) is 2.05. The maximum atomic E-state index is 13.5. The maximum Gasteiger partial charge on any atom is 0.165 e. The van der Waals surface area contributed by atoms with Crippen molar-refractivity contribution in [1.82, 2.24) is 4.98 Å². The monoisotopic (exact) mass is 497 g/mol. The van der Waals surface area contributed by atoms with Gasteiger partial charge in [-0.2, -0.15) is 0 Å². The van der Waals surface area contributed by atoms with Crippen LogP contribution in [0.4, 0.5) is 8.78 Å². The van der Waals surface area contributed by atoms with Crippen molar-refractivity contribution in [2.45, 2.75) is 60.8 Å². The van der Waals surface area contributed by atoms with Gasteiger partial charge in [-0.1, -0.05) is 65.3 Å². The Morgan fingerprint density at radius 2 is 1.63 bits per heavy atom. The van der Waals surface area contributed by atoms with Gasteiger partial charge in [-0.25, -0.2) is 8.78 Å². The van der Waals surface area contributed by atoms with Gasteiger partial charge < -0.3 is 4.74 Å². The molecule has 0 aliphatic heterocycles. The van der Waals surface area contributed by atoms with Crippen LogP contribution >= 0.6 is 11.3 Å². The van der Waals surface area contributed by atoms with Gasteiger partial charge in [0.1, 0.15) is 11.6 Å². The zero-order chi connectivity index (χ0) is 26.2. The first kappa shape index (κ1) is 30.0. The fraction of sp³-hybridized carbons (Fsp3) is 0.300. The van der Waals surface area contributed by atoms with Gasteiger partial charge in [-0.05, 0) is 66.8 Å². The van der Waals surface area contributed by atoms with Crippen LogP contribution in [-0.4, -0.2) is 4.98 Å². The lowest BCUT2D eigenvalue weighted by Crippen LogP contribution is -1.93. The zero-order valence-corrected chi connectivity index (χ0v) is 22.6. The summed E-state index contributed by atoms with van der Waals surface area (Å²) in [6, 6.07) is 19.3. The van der Waals surface area contributed by atoms with E-state index in [1.165, 1.54) is 23.4 Å². The smallest absolute Gasteiger partial charge is 0.165 e. The minimum atomic E-state index is -0.352. The molecule has 2 nitrogen and oxygen atoms in total. The van der Waals surface area contributed by atoms with Crippen molar-refractivity contribution in [3.63, 3.8) is 0 Å². The SMILES string of the molecule is CC.CC(c1cccc(F)c1)c1cccs1.CCC.Cc1ccc(Oc2ccnc(C)c2)c(F)c1. The average molecular weight is 498 g/mol. The third-order valence-corrected chi connectivity index (χ3v) is 5.56. The van der Waals surface area contributed by atoms with E-state index >= 15 is 0 Å². The minimum absolute atomic E-state index is 0.161. The highest BCUT2D eigenvalue weighted by Gasteiger charge is 2.09. The summed E-state index contributed by atoms with van der Waals surface area (Å²) in [4.78, 5) is 5.32. The Kier molecular flexibility index (Phi) is 14.2. The third-order valence-electron chi connectivity index (χ3n) is 4.50. The van der Waals surface area contributed by atoms with Gasteiger partial charge in [0.25, 0.3) is 0 Å². The van der Waals surface area contributed by atoms with Crippen molar-refractivity contribution < 1.29 is 13.5 Å². The molecule has 0 radical (unpaired) electrons. The molecular formula is C30H37F2NOS. The van der Waals surface area contributed by atoms with Crippen LogP contribution in [0.1, 0.15) is 68.7 Å². The second-order valence-electron chi connectivity index (χ2n) is 7.67. The van der Waals surface area contributed by atoms with Crippen LogP contribution < -0.4 is 4.74 Å². The highest BCUT2D eigenvalue weighted by Crippen LogP contribution is 2.28. The molecule has 1 unspecified atom stereocenters. The first-order valence-electron chi connectivity index (χ1n) is 12.0. The van der Waals surface area contributed by atoms with Crippen LogP contribution in [0.2, 0.25) is 0 Å². The molecule has 1 atom stereocenters. The number of hydrogen-bond acceptors (Lipinski definition) is 3. The Bertz CT molecular complexity index is 1110. The van der Waals surface area contributed by atoms with E-state index in [2.05, 4.69) is 31.8 Å². The molecule has 0 fully saturated rings. The van der Waals surface area contributed by atoms with Gasteiger partial charge in [0.05, 0.1) is 0 Å². The van der Waals surface area contributed by atoms with Crippen LogP contribution in [0.25, 0.3) is 0 Å². The van der Waals surface area contributed by atoms with Crippen molar-refractivity contribution in [3.05, 3.63) is 112 Å². The molecule has 2 aromatic heterocycles. The van der Waals surface area contributed by atoms with Gasteiger partial charge in [0, 0.05) is 28.8 Å². The quantitative estimate of drug-likeness (QED) is 0.280. The highest BCUT2D eigenvalue weighted by atomic mass is 32.1. The minimum Gasteiger partial charge on any atom is -0.454 e. The van der Waals surface area contributed by atoms with Gasteiger partial charge in [-0.3, -0.25) is 4.98 Å². The normalized spacial score (nSPS) is 10.4. The van der Waals surface area contributed by atoms with Crippen LogP contribution in [0.15, 0.2) is 78.3 Å². The van der Waals surface area contributed by atoms with E-state index in [4.69, 9.17) is 4.74 Å². The first-order valence-corrected chi connectivity index (χ1v) is 12.9. The van der Waals surface area contributed by atoms with Gasteiger partial charge in [-0.15, -0.1) is 11.3 Å². The number of rotatable bonds is 4. The van der Waals surface area contributed by atoms with Gasteiger partial charge in [0.15, 0.2) is 11.6 Å². The Balaban J connectivity index is 0.000000298. The molecule has 0 bridgehead atoms. The van der Waals surface area contributed by atoms with Crippen molar-refractivity contribution in [3.8, 4) is 11.5 Å². The molecule has 0 aliphatic rings. The molecule has 188 valence electrons. The number of halogens is 2. The van der Waals surface area contributed by atoms with Crippen molar-refractivity contribution in [2.24, 2.45) is 0 Å². The fourth-order valence-corrected chi connectivity index (χ4v) is 3.69. The lowest BCUT2D eigenvalue weighted by Gasteiger charge is -2.09. The Hall–Kier alpha value is -3.05. The number of aromatic nitrogens is 1. The summed E-state index contributed by atoms with van der Waals surface area (Å²) in [5.74, 6) is 0.595. The molecule has 0 saturated carbocycles. The number of thiophene rings is 1. The number of aryl methyl sites for hydroxylation is 2. The van der Waals surface area contributed by atoms with E-state index in [0.29, 0.717) is 5.75 Å². The topological polar surface area (TPSA) is 22.1 Å². The molecule has 5 heteroatoms. The van der Waals surface area contributed by atoms with E-state index in [1.807, 2.05) is 51.3 Å². The highest BCUT2D eigenvalue weighted by molar-refractivity contribution is 7.10. The fourth-order valence-electron chi connectivity index (χ4n) is 2.88. The van der Waals surface area contributed by atoms with Crippen LogP contribution in [0.5, 0.6) is 11.5 Å². The second kappa shape index (κ2) is 16.6. The zero-order valence-electron chi connectivity index (χ0n) is 21.8. The second-order valence-corrected chi connectivity index (χ2v) is 8.65. The molecule has 0 N–H and O–H groups in total. The van der Waals surface area contributed by atoms with Crippen molar-refractivity contribution in [2.75, 3.05) is 0 Å². The summed E-state index contributed by atoms with van der Waals surface area (Å²) in [7, 11) is 0. The molecular weight excluding hydrogens is 460 g/mol. The summed E-state index contributed by atoms with van der Waals surface area (Å²) < 4.78 is 31.9. The Morgan fingerprint density at radius 3 is 2.20 bits per heavy atom. The summed E-state index contributed by atoms with van der Waals surface area (Å²) in [6.07, 6.45) is 2.89. The maximum absolute atomic E-state index is 13.5. The van der Waals surface area contributed by atoms with Crippen molar-refractivity contribution >= 4 is 11.3 Å². The molecule has 35 heavy (non-hydrogen) atoms. The molecule has 2 aromatic carbocycles. The standard InChI is InChI=1S/C13H12FNO.C12H11FS.C3H8.C2H6/c1-9-3-4-13(12(14)7-9)16-11-5-6-15-10(2)8-11;1-9(12-6-3-7-14-12)10-4-2-5-11(13)8-10;1-3-2;1-2/h3-8H,1-2H3;2-9H,1H3;3H2,1-2H3;1-2H3. The predicted molar refractivity (Wildman–Crippen MR) is 146 cm³/mol. The van der Waals surface area contributed by atoms with E-state index in [-0.39, 0.29) is 23.3 Å². The predicted octanol–water partition coefficient (Wildman–Crippen LogP) is 10.1. The molecule has 0 aliphatic carbocycles. The molecule has 2 heterocycles. The molecule has 4 rings (SSSR count). The lowest BCUT2D eigenvalue weighted by atomic mass is 10.00. The number of nitrogens with zero attached hydrogens (tertiary/aromatic N) is 1. The first-order chi connectivity index (χ1) is 16.8. The number of ether oxygens (including phenoxy) is 1. The largest absolute Gasteiger partial charge is 0.454 e. The molecule has 4 aromatic rings. The van der Waals surface area contributed by atoms with Crippen molar-refractivity contribution in [1.29, 1.82) is 0 Å². The van der Waals surface area contributed by atoms with Crippen LogP contribution in [0.3, 0.4) is 0 Å². The summed E-state index contributed by atoms with van der Waals surface area (Å²) >= 11 is 1.71. The summed E-state index contributed by atoms with van der Waals surface area (Å²) in [6.45, 7) is 14.0. The molecule has 0 amide bonds. The van der Waals surface area contributed by atoms with E-state index < -0.39 is 0 Å². The number of hydrogen-bond donors (Lipinski definition) is 0. The number of benzene rings is 2. The molecule has 0 spiro atoms. The van der Waals surface area contributed by atoms with Crippen LogP contribution in [-0.2, 0) is 0 Å². The Morgan fingerprint density at radius 1 is 0.914 bits per heavy atom. The van der Waals surface area contributed by atoms with E-state index in [9.17, 15) is 8.78 Å².